The van der Waals surface area contributed by atoms with Crippen LogP contribution in [0.5, 0.6) is 5.75 Å². The van der Waals surface area contributed by atoms with E-state index in [0.29, 0.717) is 0 Å². The summed E-state index contributed by atoms with van der Waals surface area (Å²) in [7, 11) is 1.71. The van der Waals surface area contributed by atoms with Gasteiger partial charge in [0.2, 0.25) is 0 Å². The van der Waals surface area contributed by atoms with Gasteiger partial charge in [-0.25, -0.2) is 0 Å². The topological polar surface area (TPSA) is 9.23 Å². The van der Waals surface area contributed by atoms with Gasteiger partial charge in [0.1, 0.15) is 5.75 Å². The normalized spacial score (nSPS) is 20.4. The minimum absolute atomic E-state index is 0.128. The Morgan fingerprint density at radius 2 is 2.29 bits per heavy atom. The van der Waals surface area contributed by atoms with E-state index in [9.17, 15) is 0 Å². The molecule has 1 aromatic rings. The summed E-state index contributed by atoms with van der Waals surface area (Å²) in [5, 5.41) is 0.128. The second-order valence-electron chi connectivity index (χ2n) is 3.50. The van der Waals surface area contributed by atoms with Gasteiger partial charge in [-0.2, -0.15) is 0 Å². The van der Waals surface area contributed by atoms with Crippen molar-refractivity contribution in [3.05, 3.63) is 27.7 Å². The van der Waals surface area contributed by atoms with E-state index in [-0.39, 0.29) is 5.38 Å². The molecule has 0 saturated heterocycles. The summed E-state index contributed by atoms with van der Waals surface area (Å²) >= 11 is 9.84. The molecule has 0 bridgehead atoms. The van der Waals surface area contributed by atoms with E-state index in [1.54, 1.807) is 7.11 Å². The fourth-order valence-electron chi connectivity index (χ4n) is 2.01. The van der Waals surface area contributed by atoms with Gasteiger partial charge >= 0.3 is 0 Å². The van der Waals surface area contributed by atoms with Gasteiger partial charge in [-0.1, -0.05) is 15.9 Å². The molecule has 0 saturated carbocycles. The molecule has 0 heterocycles. The first-order chi connectivity index (χ1) is 6.74. The molecule has 0 spiro atoms. The van der Waals surface area contributed by atoms with Crippen LogP contribution in [-0.2, 0) is 6.42 Å². The van der Waals surface area contributed by atoms with E-state index in [4.69, 9.17) is 16.3 Å². The Balaban J connectivity index is 2.57. The zero-order chi connectivity index (χ0) is 10.1. The Morgan fingerprint density at radius 3 is 3.00 bits per heavy atom. The Bertz CT molecular complexity index is 351. The number of benzene rings is 1. The van der Waals surface area contributed by atoms with Crippen LogP contribution in [0.2, 0.25) is 0 Å². The molecule has 0 aromatic heterocycles. The molecule has 1 aromatic carbocycles. The highest BCUT2D eigenvalue weighted by atomic mass is 79.9. The van der Waals surface area contributed by atoms with E-state index in [1.165, 1.54) is 11.1 Å². The summed E-state index contributed by atoms with van der Waals surface area (Å²) in [6, 6.07) is 4.01. The standard InChI is InChI=1S/C11H12BrClO/c1-14-10-6-5-8(12)11-7(10)3-2-4-9(11)13/h5-6,9H,2-4H2,1H3. The largest absolute Gasteiger partial charge is 0.496 e. The third kappa shape index (κ3) is 1.66. The average molecular weight is 276 g/mol. The molecule has 0 fully saturated rings. The first-order valence-electron chi connectivity index (χ1n) is 4.73. The van der Waals surface area contributed by atoms with Crippen LogP contribution in [0.4, 0.5) is 0 Å². The second kappa shape index (κ2) is 4.11. The first kappa shape index (κ1) is 10.3. The van der Waals surface area contributed by atoms with Crippen LogP contribution in [0, 0.1) is 0 Å². The van der Waals surface area contributed by atoms with Crippen molar-refractivity contribution in [3.8, 4) is 5.75 Å². The predicted octanol–water partition coefficient (Wildman–Crippen LogP) is 4.07. The Morgan fingerprint density at radius 1 is 1.50 bits per heavy atom. The smallest absolute Gasteiger partial charge is 0.122 e. The molecular formula is C11H12BrClO. The van der Waals surface area contributed by atoms with Crippen molar-refractivity contribution in [2.24, 2.45) is 0 Å². The Hall–Kier alpha value is -0.210. The second-order valence-corrected chi connectivity index (χ2v) is 4.88. The lowest BCUT2D eigenvalue weighted by Crippen LogP contribution is -2.08. The predicted molar refractivity (Wildman–Crippen MR) is 62.2 cm³/mol. The number of fused-ring (bicyclic) bond motifs is 1. The average Bonchev–Trinajstić information content (AvgIpc) is 2.18. The number of ether oxygens (including phenoxy) is 1. The van der Waals surface area contributed by atoms with Crippen molar-refractivity contribution < 1.29 is 4.74 Å². The fourth-order valence-corrected chi connectivity index (χ4v) is 3.19. The molecule has 1 aliphatic rings. The number of halogens is 2. The Labute approximate surface area is 97.5 Å². The van der Waals surface area contributed by atoms with E-state index >= 15 is 0 Å². The van der Waals surface area contributed by atoms with Crippen molar-refractivity contribution in [3.63, 3.8) is 0 Å². The summed E-state index contributed by atoms with van der Waals surface area (Å²) in [5.41, 5.74) is 2.49. The van der Waals surface area contributed by atoms with Crippen molar-refractivity contribution in [2.45, 2.75) is 24.6 Å². The molecule has 0 radical (unpaired) electrons. The quantitative estimate of drug-likeness (QED) is 0.702. The molecule has 76 valence electrons. The number of alkyl halides is 1. The van der Waals surface area contributed by atoms with Crippen LogP contribution in [0.15, 0.2) is 16.6 Å². The molecule has 2 rings (SSSR count). The number of hydrogen-bond donors (Lipinski definition) is 0. The molecule has 0 amide bonds. The zero-order valence-corrected chi connectivity index (χ0v) is 10.4. The van der Waals surface area contributed by atoms with E-state index in [1.807, 2.05) is 12.1 Å². The van der Waals surface area contributed by atoms with Gasteiger partial charge in [-0.15, -0.1) is 11.6 Å². The third-order valence-electron chi connectivity index (χ3n) is 2.68. The first-order valence-corrected chi connectivity index (χ1v) is 5.96. The summed E-state index contributed by atoms with van der Waals surface area (Å²) in [4.78, 5) is 0. The van der Waals surface area contributed by atoms with Crippen LogP contribution < -0.4 is 4.74 Å². The van der Waals surface area contributed by atoms with Crippen molar-refractivity contribution in [1.82, 2.24) is 0 Å². The van der Waals surface area contributed by atoms with Crippen LogP contribution in [-0.4, -0.2) is 7.11 Å². The SMILES string of the molecule is COc1ccc(Br)c2c1CCCC2Cl. The monoisotopic (exact) mass is 274 g/mol. The van der Waals surface area contributed by atoms with E-state index in [2.05, 4.69) is 15.9 Å². The number of hydrogen-bond acceptors (Lipinski definition) is 1. The maximum atomic E-state index is 6.30. The van der Waals surface area contributed by atoms with Crippen LogP contribution in [0.1, 0.15) is 29.3 Å². The minimum atomic E-state index is 0.128. The summed E-state index contributed by atoms with van der Waals surface area (Å²) in [5.74, 6) is 0.966. The molecule has 0 aliphatic heterocycles. The molecule has 0 N–H and O–H groups in total. The van der Waals surface area contributed by atoms with Gasteiger partial charge in [0, 0.05) is 4.47 Å². The lowest BCUT2D eigenvalue weighted by Gasteiger charge is -2.23. The van der Waals surface area contributed by atoms with E-state index in [0.717, 1.165) is 29.5 Å². The lowest BCUT2D eigenvalue weighted by atomic mass is 9.90. The lowest BCUT2D eigenvalue weighted by molar-refractivity contribution is 0.405. The van der Waals surface area contributed by atoms with Gasteiger partial charge in [0.15, 0.2) is 0 Å². The van der Waals surface area contributed by atoms with Crippen LogP contribution in [0.25, 0.3) is 0 Å². The van der Waals surface area contributed by atoms with Crippen LogP contribution >= 0.6 is 27.5 Å². The van der Waals surface area contributed by atoms with Gasteiger partial charge in [-0.3, -0.25) is 0 Å². The number of rotatable bonds is 1. The maximum absolute atomic E-state index is 6.30. The van der Waals surface area contributed by atoms with Gasteiger partial charge < -0.3 is 4.74 Å². The van der Waals surface area contributed by atoms with Crippen molar-refractivity contribution in [2.75, 3.05) is 7.11 Å². The summed E-state index contributed by atoms with van der Waals surface area (Å²) in [6.45, 7) is 0. The summed E-state index contributed by atoms with van der Waals surface area (Å²) < 4.78 is 6.44. The number of methoxy groups -OCH3 is 1. The van der Waals surface area contributed by atoms with Gasteiger partial charge in [-0.05, 0) is 42.5 Å². The maximum Gasteiger partial charge on any atom is 0.122 e. The van der Waals surface area contributed by atoms with E-state index < -0.39 is 0 Å². The van der Waals surface area contributed by atoms with Crippen LogP contribution in [0.3, 0.4) is 0 Å². The highest BCUT2D eigenvalue weighted by molar-refractivity contribution is 9.10. The third-order valence-corrected chi connectivity index (χ3v) is 3.81. The molecular weight excluding hydrogens is 263 g/mol. The highest BCUT2D eigenvalue weighted by Crippen LogP contribution is 2.42. The minimum Gasteiger partial charge on any atom is -0.496 e. The summed E-state index contributed by atoms with van der Waals surface area (Å²) in [6.07, 6.45) is 3.27. The van der Waals surface area contributed by atoms with Gasteiger partial charge in [0.05, 0.1) is 12.5 Å². The molecule has 3 heteroatoms. The van der Waals surface area contributed by atoms with Gasteiger partial charge in [0.25, 0.3) is 0 Å². The molecule has 1 unspecified atom stereocenters. The van der Waals surface area contributed by atoms with Crippen molar-refractivity contribution >= 4 is 27.5 Å². The molecule has 1 nitrogen and oxygen atoms in total. The van der Waals surface area contributed by atoms with Crippen molar-refractivity contribution in [1.29, 1.82) is 0 Å². The molecule has 1 atom stereocenters. The zero-order valence-electron chi connectivity index (χ0n) is 8.02. The molecule has 14 heavy (non-hydrogen) atoms. The fraction of sp³-hybridized carbons (Fsp3) is 0.455. The molecule has 1 aliphatic carbocycles. The highest BCUT2D eigenvalue weighted by Gasteiger charge is 2.23. The Kier molecular flexibility index (Phi) is 3.03.